The van der Waals surface area contributed by atoms with Crippen LogP contribution in [0.2, 0.25) is 0 Å². The average molecular weight is 122 g/mol. The monoisotopic (exact) mass is 122 g/mol. The zero-order valence-corrected chi connectivity index (χ0v) is 1.97. The first-order valence-corrected chi connectivity index (χ1v) is 0.805. The predicted molar refractivity (Wildman–Crippen MR) is 26.4 cm³/mol. The summed E-state index contributed by atoms with van der Waals surface area (Å²) in [4.78, 5) is 17.6. The molecular weight excluding hydrogens is 118 g/mol. The van der Waals surface area contributed by atoms with Gasteiger partial charge in [-0.2, -0.15) is 0 Å². The summed E-state index contributed by atoms with van der Waals surface area (Å²) in [5.41, 5.74) is 0. The molecule has 0 aliphatic rings. The van der Waals surface area contributed by atoms with Crippen LogP contribution >= 0.6 is 0 Å². The summed E-state index contributed by atoms with van der Waals surface area (Å²) in [7, 11) is 0. The molecule has 0 radical (unpaired) electrons. The van der Waals surface area contributed by atoms with Crippen LogP contribution in [-0.4, -0.2) is 93.5 Å². The van der Waals surface area contributed by atoms with Crippen LogP contribution in [0.4, 0.5) is 0 Å². The topological polar surface area (TPSA) is 34.1 Å². The molecule has 0 saturated heterocycles. The van der Waals surface area contributed by atoms with Crippen LogP contribution in [0.3, 0.4) is 0 Å². The fourth-order valence-electron chi connectivity index (χ4n) is 0. The first kappa shape index (κ1) is 15.7. The second-order valence-corrected chi connectivity index (χ2v) is 0.272. The fourth-order valence-corrected chi connectivity index (χ4v) is 0. The maximum absolute atomic E-state index is 8.81. The molecule has 0 fully saturated rings. The molecule has 0 heterocycles. The first-order valence-electron chi connectivity index (χ1n) is 0.805. The molecule has 0 N–H and O–H groups in total. The van der Waals surface area contributed by atoms with Crippen LogP contribution in [0, 0.1) is 0 Å². The molecule has 0 aromatic heterocycles. The minimum absolute atomic E-state index is 0. The summed E-state index contributed by atoms with van der Waals surface area (Å²) >= 11 is 0. The Morgan fingerprint density at radius 3 is 1.17 bits per heavy atom. The van der Waals surface area contributed by atoms with Crippen LogP contribution in [0.25, 0.3) is 0 Å². The normalized spacial score (nSPS) is 3.33. The van der Waals surface area contributed by atoms with E-state index < -0.39 is 0 Å². The Hall–Kier alpha value is 1.98. The SMILES string of the molecule is O=CC=O.[KH].[NaH]. The summed E-state index contributed by atoms with van der Waals surface area (Å²) in [6.07, 6.45) is 0.389. The molecule has 0 aliphatic carbocycles. The molecule has 0 bridgehead atoms. The second kappa shape index (κ2) is 15.8. The van der Waals surface area contributed by atoms with Crippen LogP contribution in [0.1, 0.15) is 0 Å². The molecular formula is C2H4KNaO2. The molecule has 4 heteroatoms. The van der Waals surface area contributed by atoms with Crippen molar-refractivity contribution < 1.29 is 9.59 Å². The van der Waals surface area contributed by atoms with E-state index in [2.05, 4.69) is 0 Å². The molecule has 0 rings (SSSR count). The molecule has 0 aliphatic heterocycles. The molecule has 0 unspecified atom stereocenters. The van der Waals surface area contributed by atoms with E-state index in [1.54, 1.807) is 0 Å². The number of rotatable bonds is 1. The van der Waals surface area contributed by atoms with Crippen molar-refractivity contribution in [3.63, 3.8) is 0 Å². The summed E-state index contributed by atoms with van der Waals surface area (Å²) in [6.45, 7) is 0. The minimum atomic E-state index is 0. The van der Waals surface area contributed by atoms with E-state index in [0.29, 0.717) is 0 Å². The average Bonchev–Trinajstić information content (AvgIpc) is 1.37. The first-order chi connectivity index (χ1) is 1.91. The van der Waals surface area contributed by atoms with Gasteiger partial charge in [0, 0.05) is 0 Å². The van der Waals surface area contributed by atoms with Gasteiger partial charge in [-0.1, -0.05) is 0 Å². The van der Waals surface area contributed by atoms with Crippen LogP contribution in [-0.2, 0) is 9.59 Å². The van der Waals surface area contributed by atoms with E-state index in [1.807, 2.05) is 0 Å². The van der Waals surface area contributed by atoms with Gasteiger partial charge in [-0.3, -0.25) is 9.59 Å². The van der Waals surface area contributed by atoms with Crippen molar-refractivity contribution in [2.75, 3.05) is 0 Å². The zero-order chi connectivity index (χ0) is 3.41. The van der Waals surface area contributed by atoms with Gasteiger partial charge in [-0.15, -0.1) is 0 Å². The number of aldehydes is 2. The zero-order valence-electron chi connectivity index (χ0n) is 1.97. The molecule has 6 heavy (non-hydrogen) atoms. The Morgan fingerprint density at radius 2 is 1.17 bits per heavy atom. The Morgan fingerprint density at radius 1 is 1.00 bits per heavy atom. The number of carbonyl (C=O) groups is 2. The summed E-state index contributed by atoms with van der Waals surface area (Å²) < 4.78 is 0. The molecule has 0 aromatic carbocycles. The molecule has 0 aromatic rings. The van der Waals surface area contributed by atoms with E-state index in [-0.39, 0.29) is 93.5 Å². The van der Waals surface area contributed by atoms with Gasteiger partial charge in [0.05, 0.1) is 0 Å². The van der Waals surface area contributed by atoms with Gasteiger partial charge < -0.3 is 0 Å². The third kappa shape index (κ3) is 16.7. The van der Waals surface area contributed by atoms with Crippen molar-refractivity contribution in [1.29, 1.82) is 0 Å². The Bertz CT molecular complexity index is 32.5. The summed E-state index contributed by atoms with van der Waals surface area (Å²) in [5, 5.41) is 0. The third-order valence-electron chi connectivity index (χ3n) is 0.0556. The molecule has 0 amide bonds. The molecule has 0 atom stereocenters. The molecule has 0 spiro atoms. The van der Waals surface area contributed by atoms with E-state index in [9.17, 15) is 0 Å². The second-order valence-electron chi connectivity index (χ2n) is 0.272. The van der Waals surface area contributed by atoms with Crippen LogP contribution < -0.4 is 0 Å². The predicted octanol–water partition coefficient (Wildman–Crippen LogP) is -1.91. The summed E-state index contributed by atoms with van der Waals surface area (Å²) in [5.74, 6) is 0. The van der Waals surface area contributed by atoms with E-state index in [1.165, 1.54) is 0 Å². The molecule has 0 saturated carbocycles. The van der Waals surface area contributed by atoms with Gasteiger partial charge in [0.2, 0.25) is 0 Å². The number of carbonyl (C=O) groups excluding carboxylic acids is 2. The van der Waals surface area contributed by atoms with Gasteiger partial charge >= 0.3 is 80.9 Å². The Kier molecular flexibility index (Phi) is 41.2. The van der Waals surface area contributed by atoms with Gasteiger partial charge in [-0.25, -0.2) is 0 Å². The van der Waals surface area contributed by atoms with Crippen molar-refractivity contribution in [3.8, 4) is 0 Å². The van der Waals surface area contributed by atoms with Gasteiger partial charge in [0.15, 0.2) is 12.6 Å². The van der Waals surface area contributed by atoms with Crippen molar-refractivity contribution >= 4 is 93.5 Å². The molecule has 2 nitrogen and oxygen atoms in total. The van der Waals surface area contributed by atoms with Crippen molar-refractivity contribution in [2.24, 2.45) is 0 Å². The summed E-state index contributed by atoms with van der Waals surface area (Å²) in [6, 6.07) is 0. The standard InChI is InChI=1S/C2H2O2.K.Na.2H/c3-1-2-4;;;;/h1-2H;;;;. The van der Waals surface area contributed by atoms with E-state index in [0.717, 1.165) is 0 Å². The fraction of sp³-hybridized carbons (Fsp3) is 0. The maximum atomic E-state index is 8.81. The van der Waals surface area contributed by atoms with E-state index >= 15 is 0 Å². The van der Waals surface area contributed by atoms with Gasteiger partial charge in [-0.05, 0) is 0 Å². The Balaban J connectivity index is -0.0000000450. The van der Waals surface area contributed by atoms with Crippen molar-refractivity contribution in [3.05, 3.63) is 0 Å². The van der Waals surface area contributed by atoms with Gasteiger partial charge in [0.1, 0.15) is 0 Å². The number of hydrogen-bond donors (Lipinski definition) is 0. The molecule has 26 valence electrons. The third-order valence-corrected chi connectivity index (χ3v) is 0.0556. The number of hydrogen-bond acceptors (Lipinski definition) is 2. The van der Waals surface area contributed by atoms with Crippen LogP contribution in [0.15, 0.2) is 0 Å². The van der Waals surface area contributed by atoms with E-state index in [4.69, 9.17) is 9.59 Å². The Labute approximate surface area is 101 Å². The van der Waals surface area contributed by atoms with Crippen LogP contribution in [0.5, 0.6) is 0 Å². The van der Waals surface area contributed by atoms with Gasteiger partial charge in [0.25, 0.3) is 0 Å². The quantitative estimate of drug-likeness (QED) is 0.231. The van der Waals surface area contributed by atoms with Crippen molar-refractivity contribution in [1.82, 2.24) is 0 Å². The van der Waals surface area contributed by atoms with Crippen molar-refractivity contribution in [2.45, 2.75) is 0 Å².